The van der Waals surface area contributed by atoms with Crippen LogP contribution in [-0.2, 0) is 24.1 Å². The number of aromatic nitrogens is 2. The van der Waals surface area contributed by atoms with Gasteiger partial charge in [-0.2, -0.15) is 0 Å². The molecular weight excluding hydrogens is 386 g/mol. The molecule has 0 amide bonds. The maximum Gasteiger partial charge on any atom is 0.201 e. The lowest BCUT2D eigenvalue weighted by Crippen LogP contribution is -2.38. The maximum atomic E-state index is 5.79. The second-order valence-electron chi connectivity index (χ2n) is 7.61. The predicted molar refractivity (Wildman–Crippen MR) is 118 cm³/mol. The molecule has 0 atom stereocenters. The summed E-state index contributed by atoms with van der Waals surface area (Å²) in [6, 6.07) is 10.7. The van der Waals surface area contributed by atoms with Gasteiger partial charge >= 0.3 is 0 Å². The molecule has 0 N–H and O–H groups in total. The van der Waals surface area contributed by atoms with E-state index in [0.717, 1.165) is 50.6 Å². The summed E-state index contributed by atoms with van der Waals surface area (Å²) in [5, 5.41) is 1.35. The fraction of sp³-hybridized carbons (Fsp3) is 0.455. The Labute approximate surface area is 174 Å². The van der Waals surface area contributed by atoms with Crippen LogP contribution in [0, 0.1) is 4.77 Å². The normalized spacial score (nSPS) is 17.7. The molecule has 1 aliphatic heterocycles. The van der Waals surface area contributed by atoms with Crippen molar-refractivity contribution in [2.75, 3.05) is 32.8 Å². The average Bonchev–Trinajstić information content (AvgIpc) is 3.11. The van der Waals surface area contributed by atoms with E-state index in [2.05, 4.69) is 39.8 Å². The lowest BCUT2D eigenvalue weighted by atomic mass is 9.94. The molecule has 5 rings (SSSR count). The quantitative estimate of drug-likeness (QED) is 0.582. The summed E-state index contributed by atoms with van der Waals surface area (Å²) < 4.78 is 8.49. The molecule has 2 aliphatic rings. The standard InChI is InChI=1S/C22H25N3OS2/c27-22-23-21-19(17-8-4-5-9-18(17)28-21)20(16-6-2-1-3-7-16)25(22)11-10-24-12-14-26-15-13-24/h1-3,6-7H,4-5,8-15H2. The molecule has 1 aliphatic carbocycles. The van der Waals surface area contributed by atoms with E-state index >= 15 is 0 Å². The lowest BCUT2D eigenvalue weighted by Gasteiger charge is -2.27. The van der Waals surface area contributed by atoms with E-state index in [4.69, 9.17) is 21.9 Å². The Morgan fingerprint density at radius 1 is 1.04 bits per heavy atom. The van der Waals surface area contributed by atoms with Crippen LogP contribution in [0.1, 0.15) is 23.3 Å². The zero-order valence-corrected chi connectivity index (χ0v) is 17.7. The second-order valence-corrected chi connectivity index (χ2v) is 9.05. The zero-order valence-electron chi connectivity index (χ0n) is 16.0. The van der Waals surface area contributed by atoms with Gasteiger partial charge in [-0.3, -0.25) is 4.90 Å². The first-order valence-corrected chi connectivity index (χ1v) is 11.4. The molecule has 6 heteroatoms. The third kappa shape index (κ3) is 3.43. The van der Waals surface area contributed by atoms with Crippen molar-refractivity contribution < 1.29 is 4.74 Å². The molecule has 2 aromatic heterocycles. The SMILES string of the molecule is S=c1nc2sc3c(c2c(-c2ccccc2)n1CCN1CCOCC1)CCCC3. The number of thiophene rings is 1. The minimum absolute atomic E-state index is 0.707. The molecule has 0 unspecified atom stereocenters. The van der Waals surface area contributed by atoms with Gasteiger partial charge in [0.05, 0.1) is 18.9 Å². The Kier molecular flexibility index (Phi) is 5.28. The average molecular weight is 412 g/mol. The predicted octanol–water partition coefficient (Wildman–Crippen LogP) is 4.71. The van der Waals surface area contributed by atoms with E-state index < -0.39 is 0 Å². The highest BCUT2D eigenvalue weighted by molar-refractivity contribution is 7.71. The van der Waals surface area contributed by atoms with Gasteiger partial charge in [-0.1, -0.05) is 30.3 Å². The van der Waals surface area contributed by atoms with E-state index in [-0.39, 0.29) is 0 Å². The maximum absolute atomic E-state index is 5.79. The van der Waals surface area contributed by atoms with Gasteiger partial charge in [0.25, 0.3) is 0 Å². The highest BCUT2D eigenvalue weighted by atomic mass is 32.1. The van der Waals surface area contributed by atoms with Crippen LogP contribution in [-0.4, -0.2) is 47.3 Å². The van der Waals surface area contributed by atoms with E-state index in [9.17, 15) is 0 Å². The van der Waals surface area contributed by atoms with Crippen molar-refractivity contribution in [3.8, 4) is 11.3 Å². The summed E-state index contributed by atoms with van der Waals surface area (Å²) in [6.45, 7) is 5.50. The van der Waals surface area contributed by atoms with Gasteiger partial charge < -0.3 is 9.30 Å². The van der Waals surface area contributed by atoms with E-state index in [0.29, 0.717) is 4.77 Å². The molecule has 1 saturated heterocycles. The van der Waals surface area contributed by atoms with Crippen molar-refractivity contribution in [2.24, 2.45) is 0 Å². The molecule has 1 fully saturated rings. The van der Waals surface area contributed by atoms with Crippen LogP contribution in [0.15, 0.2) is 30.3 Å². The number of hydrogen-bond acceptors (Lipinski definition) is 5. The molecular formula is C22H25N3OS2. The number of rotatable bonds is 4. The molecule has 3 heterocycles. The smallest absolute Gasteiger partial charge is 0.201 e. The largest absolute Gasteiger partial charge is 0.379 e. The van der Waals surface area contributed by atoms with Crippen LogP contribution in [0.3, 0.4) is 0 Å². The van der Waals surface area contributed by atoms with Crippen LogP contribution in [0.25, 0.3) is 21.5 Å². The first kappa shape index (κ1) is 18.4. The van der Waals surface area contributed by atoms with E-state index in [1.165, 1.54) is 46.3 Å². The fourth-order valence-electron chi connectivity index (χ4n) is 4.42. The van der Waals surface area contributed by atoms with Gasteiger partial charge in [-0.05, 0) is 49.0 Å². The molecule has 3 aromatic rings. The summed E-state index contributed by atoms with van der Waals surface area (Å²) in [5.74, 6) is 0. The van der Waals surface area contributed by atoms with Crippen molar-refractivity contribution in [1.82, 2.24) is 14.5 Å². The van der Waals surface area contributed by atoms with Crippen molar-refractivity contribution >= 4 is 33.8 Å². The molecule has 0 spiro atoms. The first-order valence-electron chi connectivity index (χ1n) is 10.2. The Balaban J connectivity index is 1.65. The molecule has 4 nitrogen and oxygen atoms in total. The van der Waals surface area contributed by atoms with Crippen LogP contribution >= 0.6 is 23.6 Å². The van der Waals surface area contributed by atoms with Crippen LogP contribution in [0.2, 0.25) is 0 Å². The number of hydrogen-bond donors (Lipinski definition) is 0. The number of morpholine rings is 1. The topological polar surface area (TPSA) is 30.3 Å². The molecule has 28 heavy (non-hydrogen) atoms. The van der Waals surface area contributed by atoms with Gasteiger partial charge in [0, 0.05) is 36.4 Å². The molecule has 146 valence electrons. The summed E-state index contributed by atoms with van der Waals surface area (Å²) in [7, 11) is 0. The highest BCUT2D eigenvalue weighted by Crippen LogP contribution is 2.40. The van der Waals surface area contributed by atoms with Gasteiger partial charge in [-0.15, -0.1) is 11.3 Å². The van der Waals surface area contributed by atoms with Gasteiger partial charge in [-0.25, -0.2) is 4.98 Å². The van der Waals surface area contributed by atoms with Crippen molar-refractivity contribution in [2.45, 2.75) is 32.2 Å². The number of benzene rings is 1. The van der Waals surface area contributed by atoms with E-state index in [1.54, 1.807) is 0 Å². The summed E-state index contributed by atoms with van der Waals surface area (Å²) >= 11 is 7.65. The monoisotopic (exact) mass is 411 g/mol. The van der Waals surface area contributed by atoms with Gasteiger partial charge in [0.15, 0.2) is 0 Å². The van der Waals surface area contributed by atoms with E-state index in [1.807, 2.05) is 11.3 Å². The second kappa shape index (κ2) is 8.03. The molecule has 1 aromatic carbocycles. The lowest BCUT2D eigenvalue weighted by molar-refractivity contribution is 0.0364. The Hall–Kier alpha value is -1.60. The molecule has 0 bridgehead atoms. The van der Waals surface area contributed by atoms with Crippen LogP contribution < -0.4 is 0 Å². The zero-order chi connectivity index (χ0) is 18.9. The Morgan fingerprint density at radius 2 is 1.82 bits per heavy atom. The third-order valence-corrected chi connectivity index (χ3v) is 7.38. The van der Waals surface area contributed by atoms with Crippen LogP contribution in [0.4, 0.5) is 0 Å². The van der Waals surface area contributed by atoms with Crippen molar-refractivity contribution in [1.29, 1.82) is 0 Å². The summed E-state index contributed by atoms with van der Waals surface area (Å²) in [6.07, 6.45) is 4.91. The highest BCUT2D eigenvalue weighted by Gasteiger charge is 2.23. The Bertz CT molecular complexity index is 1040. The summed E-state index contributed by atoms with van der Waals surface area (Å²) in [4.78, 5) is 9.99. The third-order valence-electron chi connectivity index (χ3n) is 5.88. The van der Waals surface area contributed by atoms with Crippen LogP contribution in [0.5, 0.6) is 0 Å². The Morgan fingerprint density at radius 3 is 2.64 bits per heavy atom. The number of aryl methyl sites for hydroxylation is 2. The number of ether oxygens (including phenoxy) is 1. The molecule has 0 radical (unpaired) electrons. The van der Waals surface area contributed by atoms with Crippen molar-refractivity contribution in [3.05, 3.63) is 45.5 Å². The number of nitrogens with zero attached hydrogens (tertiary/aromatic N) is 3. The van der Waals surface area contributed by atoms with Gasteiger partial charge in [0.1, 0.15) is 4.83 Å². The summed E-state index contributed by atoms with van der Waals surface area (Å²) in [5.41, 5.74) is 4.03. The van der Waals surface area contributed by atoms with Gasteiger partial charge in [0.2, 0.25) is 4.77 Å². The number of fused-ring (bicyclic) bond motifs is 3. The minimum Gasteiger partial charge on any atom is -0.379 e. The fourth-order valence-corrected chi connectivity index (χ4v) is 6.01. The minimum atomic E-state index is 0.707. The van der Waals surface area contributed by atoms with Crippen molar-refractivity contribution in [3.63, 3.8) is 0 Å². The first-order chi connectivity index (χ1) is 13.8. The molecule has 0 saturated carbocycles.